The fourth-order valence-electron chi connectivity index (χ4n) is 0.864. The van der Waals surface area contributed by atoms with Crippen LogP contribution in [0.15, 0.2) is 24.3 Å². The zero-order valence-corrected chi connectivity index (χ0v) is 8.51. The van der Waals surface area contributed by atoms with Crippen molar-refractivity contribution in [3.05, 3.63) is 35.4 Å². The van der Waals surface area contributed by atoms with Gasteiger partial charge in [-0.15, -0.1) is 0 Å². The van der Waals surface area contributed by atoms with Crippen LogP contribution in [0.3, 0.4) is 0 Å². The molecule has 0 aromatic heterocycles. The molecule has 2 heteroatoms. The van der Waals surface area contributed by atoms with E-state index in [0.717, 1.165) is 5.56 Å². The maximum atomic E-state index is 13.0. The third kappa shape index (κ3) is 2.43. The SMILES string of the molecule is Cc1ccc(C(F)CI)cc1. The first-order valence-corrected chi connectivity index (χ1v) is 5.03. The molecule has 0 saturated heterocycles. The minimum Gasteiger partial charge on any atom is -0.241 e. The van der Waals surface area contributed by atoms with Crippen molar-refractivity contribution in [1.29, 1.82) is 0 Å². The Morgan fingerprint density at radius 1 is 1.36 bits per heavy atom. The van der Waals surface area contributed by atoms with Crippen LogP contribution in [0.4, 0.5) is 4.39 Å². The minimum atomic E-state index is -0.809. The van der Waals surface area contributed by atoms with Crippen molar-refractivity contribution in [1.82, 2.24) is 0 Å². The fourth-order valence-corrected chi connectivity index (χ4v) is 1.37. The summed E-state index contributed by atoms with van der Waals surface area (Å²) in [5.74, 6) is 0. The second-order valence-electron chi connectivity index (χ2n) is 2.53. The van der Waals surface area contributed by atoms with Gasteiger partial charge >= 0.3 is 0 Å². The Kier molecular flexibility index (Phi) is 3.30. The third-order valence-corrected chi connectivity index (χ3v) is 2.35. The largest absolute Gasteiger partial charge is 0.241 e. The molecule has 1 atom stereocenters. The third-order valence-electron chi connectivity index (χ3n) is 1.57. The second kappa shape index (κ2) is 4.04. The molecular formula is C9H10FI. The smallest absolute Gasteiger partial charge is 0.134 e. The van der Waals surface area contributed by atoms with E-state index in [4.69, 9.17) is 0 Å². The average Bonchev–Trinajstić information content (AvgIpc) is 2.05. The molecule has 0 fully saturated rings. The summed E-state index contributed by atoms with van der Waals surface area (Å²) in [4.78, 5) is 0. The van der Waals surface area contributed by atoms with Crippen LogP contribution in [-0.2, 0) is 0 Å². The molecule has 0 saturated carbocycles. The van der Waals surface area contributed by atoms with Gasteiger partial charge in [0.05, 0.1) is 0 Å². The molecule has 0 aliphatic carbocycles. The summed E-state index contributed by atoms with van der Waals surface area (Å²) >= 11 is 2.05. The van der Waals surface area contributed by atoms with E-state index in [2.05, 4.69) is 22.6 Å². The molecule has 0 N–H and O–H groups in total. The zero-order chi connectivity index (χ0) is 8.27. The fraction of sp³-hybridized carbons (Fsp3) is 0.333. The van der Waals surface area contributed by atoms with Crippen molar-refractivity contribution in [3.63, 3.8) is 0 Å². The van der Waals surface area contributed by atoms with E-state index in [0.29, 0.717) is 4.43 Å². The Morgan fingerprint density at radius 2 is 1.91 bits per heavy atom. The zero-order valence-electron chi connectivity index (χ0n) is 6.35. The lowest BCUT2D eigenvalue weighted by Gasteiger charge is -2.03. The van der Waals surface area contributed by atoms with Gasteiger partial charge in [-0.3, -0.25) is 0 Å². The van der Waals surface area contributed by atoms with E-state index in [1.807, 2.05) is 31.2 Å². The van der Waals surface area contributed by atoms with Gasteiger partial charge in [0.2, 0.25) is 0 Å². The number of hydrogen-bond acceptors (Lipinski definition) is 0. The monoisotopic (exact) mass is 264 g/mol. The summed E-state index contributed by atoms with van der Waals surface area (Å²) in [5, 5.41) is 0. The predicted octanol–water partition coefficient (Wildman–Crippen LogP) is 3.44. The van der Waals surface area contributed by atoms with E-state index in [-0.39, 0.29) is 0 Å². The van der Waals surface area contributed by atoms with Gasteiger partial charge in [0, 0.05) is 4.43 Å². The first-order chi connectivity index (χ1) is 5.24. The van der Waals surface area contributed by atoms with Gasteiger partial charge in [-0.25, -0.2) is 4.39 Å². The van der Waals surface area contributed by atoms with Gasteiger partial charge in [-0.1, -0.05) is 52.4 Å². The number of benzene rings is 1. The first-order valence-electron chi connectivity index (χ1n) is 3.50. The van der Waals surface area contributed by atoms with Crippen LogP contribution in [0.1, 0.15) is 17.3 Å². The summed E-state index contributed by atoms with van der Waals surface area (Å²) in [7, 11) is 0. The Bertz CT molecular complexity index is 218. The Balaban J connectivity index is 2.81. The standard InChI is InChI=1S/C9H10FI/c1-7-2-4-8(5-3-7)9(10)6-11/h2-5,9H,6H2,1H3. The van der Waals surface area contributed by atoms with E-state index in [1.165, 1.54) is 5.56 Å². The number of halogens is 2. The van der Waals surface area contributed by atoms with Crippen LogP contribution in [0.5, 0.6) is 0 Å². The molecule has 0 heterocycles. The van der Waals surface area contributed by atoms with Crippen LogP contribution in [0.2, 0.25) is 0 Å². The lowest BCUT2D eigenvalue weighted by molar-refractivity contribution is 0.385. The Hall–Kier alpha value is -0.120. The molecule has 0 amide bonds. The molecule has 0 aliphatic heterocycles. The summed E-state index contributed by atoms with van der Waals surface area (Å²) in [5.41, 5.74) is 1.96. The highest BCUT2D eigenvalue weighted by molar-refractivity contribution is 14.1. The summed E-state index contributed by atoms with van der Waals surface area (Å²) in [6, 6.07) is 7.57. The van der Waals surface area contributed by atoms with Crippen molar-refractivity contribution >= 4 is 22.6 Å². The van der Waals surface area contributed by atoms with E-state index >= 15 is 0 Å². The van der Waals surface area contributed by atoms with E-state index < -0.39 is 6.17 Å². The van der Waals surface area contributed by atoms with Crippen molar-refractivity contribution in [2.24, 2.45) is 0 Å². The maximum Gasteiger partial charge on any atom is 0.134 e. The predicted molar refractivity (Wildman–Crippen MR) is 53.9 cm³/mol. The van der Waals surface area contributed by atoms with Gasteiger partial charge in [0.15, 0.2) is 0 Å². The van der Waals surface area contributed by atoms with Crippen molar-refractivity contribution < 1.29 is 4.39 Å². The average molecular weight is 264 g/mol. The topological polar surface area (TPSA) is 0 Å². The van der Waals surface area contributed by atoms with Crippen LogP contribution in [0, 0.1) is 6.92 Å². The van der Waals surface area contributed by atoms with Crippen molar-refractivity contribution in [2.75, 3.05) is 4.43 Å². The van der Waals surface area contributed by atoms with Gasteiger partial charge < -0.3 is 0 Å². The molecule has 11 heavy (non-hydrogen) atoms. The molecule has 60 valence electrons. The second-order valence-corrected chi connectivity index (χ2v) is 3.41. The van der Waals surface area contributed by atoms with E-state index in [9.17, 15) is 4.39 Å². The van der Waals surface area contributed by atoms with E-state index in [1.54, 1.807) is 0 Å². The maximum absolute atomic E-state index is 13.0. The first kappa shape index (κ1) is 8.97. The van der Waals surface area contributed by atoms with Crippen LogP contribution < -0.4 is 0 Å². The number of aryl methyl sites for hydroxylation is 1. The van der Waals surface area contributed by atoms with Crippen molar-refractivity contribution in [3.8, 4) is 0 Å². The summed E-state index contributed by atoms with van der Waals surface area (Å²) in [6.45, 7) is 2.00. The molecule has 0 bridgehead atoms. The lowest BCUT2D eigenvalue weighted by Crippen LogP contribution is -1.91. The van der Waals surface area contributed by atoms with Gasteiger partial charge in [-0.05, 0) is 12.5 Å². The molecule has 1 unspecified atom stereocenters. The Labute approximate surface area is 80.0 Å². The molecule has 1 aromatic rings. The highest BCUT2D eigenvalue weighted by Crippen LogP contribution is 2.19. The lowest BCUT2D eigenvalue weighted by atomic mass is 10.1. The highest BCUT2D eigenvalue weighted by atomic mass is 127. The normalized spacial score (nSPS) is 13.0. The van der Waals surface area contributed by atoms with Crippen LogP contribution in [-0.4, -0.2) is 4.43 Å². The van der Waals surface area contributed by atoms with Crippen LogP contribution in [0.25, 0.3) is 0 Å². The molecule has 1 aromatic carbocycles. The van der Waals surface area contributed by atoms with Gasteiger partial charge in [-0.2, -0.15) is 0 Å². The minimum absolute atomic E-state index is 0.529. The van der Waals surface area contributed by atoms with Crippen molar-refractivity contribution in [2.45, 2.75) is 13.1 Å². The van der Waals surface area contributed by atoms with Gasteiger partial charge in [0.1, 0.15) is 6.17 Å². The number of alkyl halides is 2. The molecule has 0 aliphatic rings. The summed E-state index contributed by atoms with van der Waals surface area (Å²) in [6.07, 6.45) is -0.809. The molecule has 0 nitrogen and oxygen atoms in total. The van der Waals surface area contributed by atoms with Gasteiger partial charge in [0.25, 0.3) is 0 Å². The molecular weight excluding hydrogens is 254 g/mol. The van der Waals surface area contributed by atoms with Crippen LogP contribution >= 0.6 is 22.6 Å². The molecule has 0 radical (unpaired) electrons. The molecule has 1 rings (SSSR count). The quantitative estimate of drug-likeness (QED) is 0.567. The highest BCUT2D eigenvalue weighted by Gasteiger charge is 2.05. The number of hydrogen-bond donors (Lipinski definition) is 0. The summed E-state index contributed by atoms with van der Waals surface area (Å²) < 4.78 is 13.5. The Morgan fingerprint density at radius 3 is 2.36 bits per heavy atom. The molecule has 0 spiro atoms. The number of rotatable bonds is 2.